The molecule has 2 aliphatic carbocycles. The Morgan fingerprint density at radius 3 is 2.61 bits per heavy atom. The third kappa shape index (κ3) is 2.43. The van der Waals surface area contributed by atoms with E-state index in [0.717, 1.165) is 43.2 Å². The Bertz CT molecular complexity index is 830. The molecule has 0 radical (unpaired) electrons. The van der Waals surface area contributed by atoms with Gasteiger partial charge < -0.3 is 10.3 Å². The van der Waals surface area contributed by atoms with Gasteiger partial charge in [0.25, 0.3) is 5.56 Å². The summed E-state index contributed by atoms with van der Waals surface area (Å²) in [6.07, 6.45) is 5.54. The van der Waals surface area contributed by atoms with Gasteiger partial charge in [0.05, 0.1) is 6.04 Å². The first-order valence-corrected chi connectivity index (χ1v) is 8.66. The van der Waals surface area contributed by atoms with Crippen LogP contribution in [0.3, 0.4) is 0 Å². The first-order chi connectivity index (χ1) is 11.1. The van der Waals surface area contributed by atoms with Crippen molar-refractivity contribution in [2.24, 2.45) is 5.73 Å². The second-order valence-corrected chi connectivity index (χ2v) is 7.15. The van der Waals surface area contributed by atoms with Gasteiger partial charge in [0.15, 0.2) is 0 Å². The van der Waals surface area contributed by atoms with Crippen LogP contribution in [-0.4, -0.2) is 4.57 Å². The fraction of sp³-hybridized carbons (Fsp3) is 0.450. The predicted octanol–water partition coefficient (Wildman–Crippen LogP) is 3.34. The van der Waals surface area contributed by atoms with E-state index in [4.69, 9.17) is 5.73 Å². The fourth-order valence-electron chi connectivity index (χ4n) is 3.77. The van der Waals surface area contributed by atoms with Crippen LogP contribution in [0.15, 0.2) is 29.1 Å². The summed E-state index contributed by atoms with van der Waals surface area (Å²) < 4.78 is 2.07. The van der Waals surface area contributed by atoms with Gasteiger partial charge in [-0.05, 0) is 74.3 Å². The molecule has 1 saturated carbocycles. The van der Waals surface area contributed by atoms with Gasteiger partial charge >= 0.3 is 0 Å². The Kier molecular flexibility index (Phi) is 3.42. The van der Waals surface area contributed by atoms with Crippen molar-refractivity contribution in [1.29, 1.82) is 0 Å². The molecule has 4 rings (SSSR count). The Morgan fingerprint density at radius 1 is 1.13 bits per heavy atom. The molecule has 2 aliphatic rings. The average Bonchev–Trinajstić information content (AvgIpc) is 3.26. The largest absolute Gasteiger partial charge is 0.320 e. The molecule has 1 aromatic heterocycles. The highest BCUT2D eigenvalue weighted by Crippen LogP contribution is 2.37. The molecular weight excluding hydrogens is 284 g/mol. The number of pyridine rings is 1. The Balaban J connectivity index is 1.83. The molecule has 2 aromatic rings. The highest BCUT2D eigenvalue weighted by Gasteiger charge is 2.31. The van der Waals surface area contributed by atoms with Crippen LogP contribution < -0.4 is 11.3 Å². The second-order valence-electron chi connectivity index (χ2n) is 7.15. The van der Waals surface area contributed by atoms with Gasteiger partial charge in [-0.15, -0.1) is 0 Å². The number of hydrogen-bond acceptors (Lipinski definition) is 2. The van der Waals surface area contributed by atoms with Crippen molar-refractivity contribution in [3.05, 3.63) is 68.1 Å². The van der Waals surface area contributed by atoms with E-state index >= 15 is 0 Å². The van der Waals surface area contributed by atoms with Crippen molar-refractivity contribution in [2.75, 3.05) is 0 Å². The summed E-state index contributed by atoms with van der Waals surface area (Å²) in [5, 5.41) is 0. The van der Waals surface area contributed by atoms with Gasteiger partial charge in [-0.2, -0.15) is 0 Å². The minimum Gasteiger partial charge on any atom is -0.320 e. The molecule has 1 heterocycles. The molecule has 1 atom stereocenters. The summed E-state index contributed by atoms with van der Waals surface area (Å²) in [5.41, 5.74) is 13.5. The van der Waals surface area contributed by atoms with Crippen LogP contribution in [-0.2, 0) is 12.8 Å². The van der Waals surface area contributed by atoms with Gasteiger partial charge in [0, 0.05) is 17.3 Å². The standard InChI is InChI=1S/C20H24N2O/c1-12-6-7-15(10-13(12)2)19(21)17-11-14-4-3-5-18(14)22(20(17)23)16-8-9-16/h6-7,10-11,16,19H,3-5,8-9,21H2,1-2H3. The zero-order valence-electron chi connectivity index (χ0n) is 13.9. The molecule has 3 heteroatoms. The SMILES string of the molecule is Cc1ccc(C(N)c2cc3c(n(C4CC4)c2=O)CCC3)cc1C. The normalized spacial score (nSPS) is 18.0. The maximum Gasteiger partial charge on any atom is 0.256 e. The van der Waals surface area contributed by atoms with Gasteiger partial charge in [0.1, 0.15) is 0 Å². The number of aryl methyl sites for hydroxylation is 3. The molecule has 1 fully saturated rings. The molecule has 1 unspecified atom stereocenters. The van der Waals surface area contributed by atoms with E-state index in [0.29, 0.717) is 6.04 Å². The van der Waals surface area contributed by atoms with Crippen molar-refractivity contribution in [2.45, 2.75) is 58.0 Å². The van der Waals surface area contributed by atoms with E-state index in [1.165, 1.54) is 22.4 Å². The summed E-state index contributed by atoms with van der Waals surface area (Å²) in [6, 6.07) is 8.44. The molecule has 0 saturated heterocycles. The van der Waals surface area contributed by atoms with Crippen LogP contribution in [0, 0.1) is 13.8 Å². The smallest absolute Gasteiger partial charge is 0.256 e. The molecule has 23 heavy (non-hydrogen) atoms. The maximum absolute atomic E-state index is 13.1. The summed E-state index contributed by atoms with van der Waals surface area (Å²) in [4.78, 5) is 13.1. The van der Waals surface area contributed by atoms with E-state index < -0.39 is 0 Å². The molecule has 0 aliphatic heterocycles. The second kappa shape index (κ2) is 5.34. The van der Waals surface area contributed by atoms with E-state index in [2.05, 4.69) is 42.7 Å². The Morgan fingerprint density at radius 2 is 1.91 bits per heavy atom. The van der Waals surface area contributed by atoms with Crippen molar-refractivity contribution in [3.63, 3.8) is 0 Å². The minimum absolute atomic E-state index is 0.138. The van der Waals surface area contributed by atoms with E-state index in [1.807, 2.05) is 0 Å². The predicted molar refractivity (Wildman–Crippen MR) is 92.9 cm³/mol. The van der Waals surface area contributed by atoms with E-state index in [9.17, 15) is 4.79 Å². The van der Waals surface area contributed by atoms with Crippen LogP contribution in [0.1, 0.15) is 64.9 Å². The lowest BCUT2D eigenvalue weighted by molar-refractivity contribution is 0.648. The summed E-state index contributed by atoms with van der Waals surface area (Å²) in [6.45, 7) is 4.19. The number of fused-ring (bicyclic) bond motifs is 1. The maximum atomic E-state index is 13.1. The summed E-state index contributed by atoms with van der Waals surface area (Å²) in [7, 11) is 0. The lowest BCUT2D eigenvalue weighted by atomic mass is 9.96. The highest BCUT2D eigenvalue weighted by molar-refractivity contribution is 5.39. The molecule has 1 aromatic carbocycles. The molecular formula is C20H24N2O. The lowest BCUT2D eigenvalue weighted by Crippen LogP contribution is -2.30. The fourth-order valence-corrected chi connectivity index (χ4v) is 3.77. The molecule has 0 spiro atoms. The number of benzene rings is 1. The van der Waals surface area contributed by atoms with Crippen molar-refractivity contribution in [1.82, 2.24) is 4.57 Å². The van der Waals surface area contributed by atoms with Crippen molar-refractivity contribution >= 4 is 0 Å². The van der Waals surface area contributed by atoms with Gasteiger partial charge in [0.2, 0.25) is 0 Å². The van der Waals surface area contributed by atoms with Crippen molar-refractivity contribution in [3.8, 4) is 0 Å². The van der Waals surface area contributed by atoms with Crippen molar-refractivity contribution < 1.29 is 0 Å². The molecule has 3 nitrogen and oxygen atoms in total. The summed E-state index contributed by atoms with van der Waals surface area (Å²) >= 11 is 0. The molecule has 2 N–H and O–H groups in total. The quantitative estimate of drug-likeness (QED) is 0.945. The minimum atomic E-state index is -0.335. The van der Waals surface area contributed by atoms with Crippen LogP contribution in [0.4, 0.5) is 0 Å². The van der Waals surface area contributed by atoms with E-state index in [-0.39, 0.29) is 11.6 Å². The highest BCUT2D eigenvalue weighted by atomic mass is 16.1. The first-order valence-electron chi connectivity index (χ1n) is 8.66. The lowest BCUT2D eigenvalue weighted by Gasteiger charge is -2.18. The number of rotatable bonds is 3. The third-order valence-electron chi connectivity index (χ3n) is 5.45. The number of hydrogen-bond donors (Lipinski definition) is 1. The van der Waals surface area contributed by atoms with Crippen LogP contribution >= 0.6 is 0 Å². The van der Waals surface area contributed by atoms with Crippen LogP contribution in [0.2, 0.25) is 0 Å². The summed E-state index contributed by atoms with van der Waals surface area (Å²) in [5.74, 6) is 0. The monoisotopic (exact) mass is 308 g/mol. The zero-order chi connectivity index (χ0) is 16.1. The van der Waals surface area contributed by atoms with Gasteiger partial charge in [-0.3, -0.25) is 4.79 Å². The van der Waals surface area contributed by atoms with Gasteiger partial charge in [-0.25, -0.2) is 0 Å². The van der Waals surface area contributed by atoms with Crippen LogP contribution in [0.25, 0.3) is 0 Å². The first kappa shape index (κ1) is 14.7. The number of nitrogens with zero attached hydrogens (tertiary/aromatic N) is 1. The number of nitrogens with two attached hydrogens (primary N) is 1. The average molecular weight is 308 g/mol. The van der Waals surface area contributed by atoms with Crippen LogP contribution in [0.5, 0.6) is 0 Å². The Labute approximate surface area is 137 Å². The molecule has 120 valence electrons. The van der Waals surface area contributed by atoms with E-state index in [1.54, 1.807) is 0 Å². The Hall–Kier alpha value is -1.87. The topological polar surface area (TPSA) is 48.0 Å². The molecule has 0 bridgehead atoms. The third-order valence-corrected chi connectivity index (χ3v) is 5.45. The van der Waals surface area contributed by atoms with Gasteiger partial charge in [-0.1, -0.05) is 18.2 Å². The molecule has 0 amide bonds. The number of aromatic nitrogens is 1. The zero-order valence-corrected chi connectivity index (χ0v) is 13.9.